The molecule has 0 spiro atoms. The molecule has 18 heavy (non-hydrogen) atoms. The number of benzene rings is 1. The van der Waals surface area contributed by atoms with Gasteiger partial charge in [0.1, 0.15) is 11.6 Å². The maximum atomic E-state index is 6.14. The molecule has 1 atom stereocenters. The van der Waals surface area contributed by atoms with Gasteiger partial charge in [0.25, 0.3) is 0 Å². The number of rotatable bonds is 5. The standard InChI is InChI=1S/C14H19N3O/c1-17-10-9-16-14(17)13(15)8-5-11-3-6-12(18-2)7-4-11/h3-4,6-7,9-10,13H,5,8,15H2,1-2H3. The molecule has 0 radical (unpaired) electrons. The Morgan fingerprint density at radius 1 is 1.33 bits per heavy atom. The van der Waals surface area contributed by atoms with Crippen LogP contribution in [0.3, 0.4) is 0 Å². The van der Waals surface area contributed by atoms with Gasteiger partial charge in [0.15, 0.2) is 0 Å². The smallest absolute Gasteiger partial charge is 0.125 e. The van der Waals surface area contributed by atoms with Gasteiger partial charge in [0.05, 0.1) is 13.2 Å². The van der Waals surface area contributed by atoms with Gasteiger partial charge in [0, 0.05) is 19.4 Å². The number of aryl methyl sites for hydroxylation is 2. The molecule has 0 fully saturated rings. The molecule has 0 saturated heterocycles. The third kappa shape index (κ3) is 2.90. The van der Waals surface area contributed by atoms with E-state index in [0.29, 0.717) is 0 Å². The van der Waals surface area contributed by atoms with Crippen molar-refractivity contribution in [3.8, 4) is 5.75 Å². The number of methoxy groups -OCH3 is 1. The largest absolute Gasteiger partial charge is 0.497 e. The first-order valence-electron chi connectivity index (χ1n) is 6.06. The molecular weight excluding hydrogens is 226 g/mol. The van der Waals surface area contributed by atoms with Gasteiger partial charge in [-0.25, -0.2) is 4.98 Å². The summed E-state index contributed by atoms with van der Waals surface area (Å²) in [5, 5.41) is 0. The maximum Gasteiger partial charge on any atom is 0.125 e. The van der Waals surface area contributed by atoms with E-state index in [-0.39, 0.29) is 6.04 Å². The summed E-state index contributed by atoms with van der Waals surface area (Å²) in [6.45, 7) is 0. The molecule has 2 N–H and O–H groups in total. The molecule has 0 aliphatic carbocycles. The molecular formula is C14H19N3O. The average Bonchev–Trinajstić information content (AvgIpc) is 2.83. The fourth-order valence-electron chi connectivity index (χ4n) is 1.98. The Morgan fingerprint density at radius 2 is 2.06 bits per heavy atom. The molecule has 1 unspecified atom stereocenters. The van der Waals surface area contributed by atoms with Crippen LogP contribution in [0.2, 0.25) is 0 Å². The van der Waals surface area contributed by atoms with Crippen LogP contribution in [-0.2, 0) is 13.5 Å². The predicted octanol–water partition coefficient (Wildman–Crippen LogP) is 2.06. The van der Waals surface area contributed by atoms with Crippen molar-refractivity contribution in [1.82, 2.24) is 9.55 Å². The zero-order chi connectivity index (χ0) is 13.0. The van der Waals surface area contributed by atoms with E-state index in [1.54, 1.807) is 13.3 Å². The van der Waals surface area contributed by atoms with Crippen molar-refractivity contribution in [2.75, 3.05) is 7.11 Å². The highest BCUT2D eigenvalue weighted by Gasteiger charge is 2.10. The molecule has 4 nitrogen and oxygen atoms in total. The molecule has 1 heterocycles. The highest BCUT2D eigenvalue weighted by Crippen LogP contribution is 2.17. The maximum absolute atomic E-state index is 6.14. The van der Waals surface area contributed by atoms with Gasteiger partial charge in [-0.2, -0.15) is 0 Å². The number of imidazole rings is 1. The van der Waals surface area contributed by atoms with E-state index in [9.17, 15) is 0 Å². The van der Waals surface area contributed by atoms with Gasteiger partial charge in [-0.3, -0.25) is 0 Å². The Bertz CT molecular complexity index is 490. The Morgan fingerprint density at radius 3 is 2.61 bits per heavy atom. The summed E-state index contributed by atoms with van der Waals surface area (Å²) in [4.78, 5) is 4.27. The lowest BCUT2D eigenvalue weighted by Crippen LogP contribution is -2.16. The van der Waals surface area contributed by atoms with Crippen molar-refractivity contribution in [3.05, 3.63) is 48.0 Å². The summed E-state index contributed by atoms with van der Waals surface area (Å²) in [5.41, 5.74) is 7.40. The SMILES string of the molecule is COc1ccc(CCC(N)c2nccn2C)cc1. The second-order valence-corrected chi connectivity index (χ2v) is 4.39. The lowest BCUT2D eigenvalue weighted by molar-refractivity contribution is 0.414. The molecule has 2 aromatic rings. The third-order valence-corrected chi connectivity index (χ3v) is 3.09. The first-order chi connectivity index (χ1) is 8.70. The van der Waals surface area contributed by atoms with Gasteiger partial charge in [-0.05, 0) is 30.5 Å². The minimum Gasteiger partial charge on any atom is -0.497 e. The fraction of sp³-hybridized carbons (Fsp3) is 0.357. The zero-order valence-electron chi connectivity index (χ0n) is 10.8. The number of ether oxygens (including phenoxy) is 1. The molecule has 0 bridgehead atoms. The molecule has 1 aromatic heterocycles. The van der Waals surface area contributed by atoms with Crippen molar-refractivity contribution in [2.24, 2.45) is 12.8 Å². The minimum absolute atomic E-state index is 0.0212. The summed E-state index contributed by atoms with van der Waals surface area (Å²) in [6.07, 6.45) is 5.53. The van der Waals surface area contributed by atoms with Crippen molar-refractivity contribution in [3.63, 3.8) is 0 Å². The van der Waals surface area contributed by atoms with Crippen LogP contribution in [-0.4, -0.2) is 16.7 Å². The second kappa shape index (κ2) is 5.69. The second-order valence-electron chi connectivity index (χ2n) is 4.39. The average molecular weight is 245 g/mol. The number of hydrogen-bond donors (Lipinski definition) is 1. The molecule has 0 amide bonds. The van der Waals surface area contributed by atoms with Crippen LogP contribution in [0.15, 0.2) is 36.7 Å². The lowest BCUT2D eigenvalue weighted by atomic mass is 10.1. The van der Waals surface area contributed by atoms with Crippen LogP contribution in [0.25, 0.3) is 0 Å². The lowest BCUT2D eigenvalue weighted by Gasteiger charge is -2.11. The summed E-state index contributed by atoms with van der Waals surface area (Å²) >= 11 is 0. The topological polar surface area (TPSA) is 53.1 Å². The van der Waals surface area contributed by atoms with Crippen molar-refractivity contribution in [2.45, 2.75) is 18.9 Å². The summed E-state index contributed by atoms with van der Waals surface area (Å²) in [5.74, 6) is 1.82. The third-order valence-electron chi connectivity index (χ3n) is 3.09. The normalized spacial score (nSPS) is 12.4. The number of nitrogens with zero attached hydrogens (tertiary/aromatic N) is 2. The van der Waals surface area contributed by atoms with E-state index >= 15 is 0 Å². The van der Waals surface area contributed by atoms with Crippen molar-refractivity contribution >= 4 is 0 Å². The van der Waals surface area contributed by atoms with Gasteiger partial charge >= 0.3 is 0 Å². The Kier molecular flexibility index (Phi) is 3.99. The Hall–Kier alpha value is -1.81. The fourth-order valence-corrected chi connectivity index (χ4v) is 1.98. The van der Waals surface area contributed by atoms with Gasteiger partial charge in [0.2, 0.25) is 0 Å². The molecule has 4 heteroatoms. The summed E-state index contributed by atoms with van der Waals surface area (Å²) < 4.78 is 7.10. The Labute approximate surface area is 107 Å². The van der Waals surface area contributed by atoms with E-state index in [4.69, 9.17) is 10.5 Å². The molecule has 96 valence electrons. The van der Waals surface area contributed by atoms with Crippen LogP contribution in [0, 0.1) is 0 Å². The minimum atomic E-state index is -0.0212. The summed E-state index contributed by atoms with van der Waals surface area (Å²) in [7, 11) is 3.64. The van der Waals surface area contributed by atoms with Crippen LogP contribution in [0.5, 0.6) is 5.75 Å². The number of aromatic nitrogens is 2. The van der Waals surface area contributed by atoms with E-state index in [2.05, 4.69) is 17.1 Å². The molecule has 1 aromatic carbocycles. The summed E-state index contributed by atoms with van der Waals surface area (Å²) in [6, 6.07) is 8.07. The molecule has 0 aliphatic rings. The van der Waals surface area contributed by atoms with E-state index in [1.807, 2.05) is 29.9 Å². The highest BCUT2D eigenvalue weighted by molar-refractivity contribution is 5.27. The van der Waals surface area contributed by atoms with Gasteiger partial charge < -0.3 is 15.0 Å². The highest BCUT2D eigenvalue weighted by atomic mass is 16.5. The molecule has 0 saturated carbocycles. The number of hydrogen-bond acceptors (Lipinski definition) is 3. The molecule has 0 aliphatic heterocycles. The van der Waals surface area contributed by atoms with Crippen LogP contribution >= 0.6 is 0 Å². The zero-order valence-corrected chi connectivity index (χ0v) is 10.8. The van der Waals surface area contributed by atoms with Gasteiger partial charge in [-0.15, -0.1) is 0 Å². The molecule has 2 rings (SSSR count). The predicted molar refractivity (Wildman–Crippen MR) is 71.5 cm³/mol. The Balaban J connectivity index is 1.93. The number of nitrogens with two attached hydrogens (primary N) is 1. The van der Waals surface area contributed by atoms with Crippen LogP contribution in [0.4, 0.5) is 0 Å². The van der Waals surface area contributed by atoms with Crippen LogP contribution in [0.1, 0.15) is 23.9 Å². The first-order valence-corrected chi connectivity index (χ1v) is 6.06. The van der Waals surface area contributed by atoms with Crippen molar-refractivity contribution < 1.29 is 4.74 Å². The van der Waals surface area contributed by atoms with Gasteiger partial charge in [-0.1, -0.05) is 12.1 Å². The van der Waals surface area contributed by atoms with E-state index in [1.165, 1.54) is 5.56 Å². The van der Waals surface area contributed by atoms with Crippen LogP contribution < -0.4 is 10.5 Å². The monoisotopic (exact) mass is 245 g/mol. The van der Waals surface area contributed by atoms with E-state index < -0.39 is 0 Å². The first kappa shape index (κ1) is 12.6. The van der Waals surface area contributed by atoms with Crippen molar-refractivity contribution in [1.29, 1.82) is 0 Å². The quantitative estimate of drug-likeness (QED) is 0.877. The van der Waals surface area contributed by atoms with E-state index in [0.717, 1.165) is 24.4 Å².